The summed E-state index contributed by atoms with van der Waals surface area (Å²) in [7, 11) is 3.41. The fourth-order valence-corrected chi connectivity index (χ4v) is 3.37. The molecule has 0 unspecified atom stereocenters. The lowest BCUT2D eigenvalue weighted by molar-refractivity contribution is -0.00301. The Morgan fingerprint density at radius 2 is 2.00 bits per heavy atom. The van der Waals surface area contributed by atoms with E-state index in [0.29, 0.717) is 18.7 Å². The van der Waals surface area contributed by atoms with E-state index in [9.17, 15) is 4.79 Å². The van der Waals surface area contributed by atoms with Crippen LogP contribution in [-0.4, -0.2) is 54.4 Å². The number of piperidine rings is 1. The van der Waals surface area contributed by atoms with Gasteiger partial charge in [-0.25, -0.2) is 0 Å². The highest BCUT2D eigenvalue weighted by Gasteiger charge is 2.32. The van der Waals surface area contributed by atoms with Crippen molar-refractivity contribution in [1.29, 1.82) is 0 Å². The zero-order valence-electron chi connectivity index (χ0n) is 14.6. The largest absolute Gasteiger partial charge is 0.497 e. The van der Waals surface area contributed by atoms with Crippen LogP contribution in [0.15, 0.2) is 42.7 Å². The van der Waals surface area contributed by atoms with Crippen molar-refractivity contribution in [1.82, 2.24) is 15.1 Å². The second-order valence-electron chi connectivity index (χ2n) is 6.26. The molecular formula is C19H23N3O3. The van der Waals surface area contributed by atoms with Crippen LogP contribution in [0.2, 0.25) is 0 Å². The molecule has 1 saturated heterocycles. The molecule has 2 aromatic rings. The maximum atomic E-state index is 12.7. The number of benzene rings is 1. The third kappa shape index (κ3) is 4.14. The first kappa shape index (κ1) is 17.4. The second-order valence-corrected chi connectivity index (χ2v) is 6.26. The summed E-state index contributed by atoms with van der Waals surface area (Å²) in [6.07, 6.45) is 4.91. The molecule has 2 heterocycles. The topological polar surface area (TPSA) is 64.5 Å². The Morgan fingerprint density at radius 3 is 2.64 bits per heavy atom. The zero-order valence-corrected chi connectivity index (χ0v) is 14.6. The van der Waals surface area contributed by atoms with Crippen LogP contribution in [0.3, 0.4) is 0 Å². The van der Waals surface area contributed by atoms with Gasteiger partial charge in [-0.2, -0.15) is 10.2 Å². The van der Waals surface area contributed by atoms with Gasteiger partial charge in [0.1, 0.15) is 5.75 Å². The van der Waals surface area contributed by atoms with Gasteiger partial charge in [0.05, 0.1) is 31.2 Å². The summed E-state index contributed by atoms with van der Waals surface area (Å²) in [5.41, 5.74) is 1.79. The molecule has 0 aliphatic carbocycles. The van der Waals surface area contributed by atoms with Gasteiger partial charge in [-0.3, -0.25) is 4.79 Å². The Kier molecular flexibility index (Phi) is 5.60. The molecule has 6 nitrogen and oxygen atoms in total. The first-order chi connectivity index (χ1) is 12.2. The third-order valence-corrected chi connectivity index (χ3v) is 4.74. The minimum absolute atomic E-state index is 0.00387. The number of carbonyl (C=O) groups is 1. The first-order valence-corrected chi connectivity index (χ1v) is 8.43. The molecule has 1 aliphatic heterocycles. The summed E-state index contributed by atoms with van der Waals surface area (Å²) >= 11 is 0. The van der Waals surface area contributed by atoms with Crippen LogP contribution in [0.25, 0.3) is 0 Å². The molecule has 0 radical (unpaired) electrons. The highest BCUT2D eigenvalue weighted by molar-refractivity contribution is 5.93. The number of ether oxygens (including phenoxy) is 2. The zero-order chi connectivity index (χ0) is 17.6. The number of carbonyl (C=O) groups excluding carboxylic acids is 1. The minimum atomic E-state index is 0.00387. The van der Waals surface area contributed by atoms with E-state index >= 15 is 0 Å². The molecule has 1 fully saturated rings. The Labute approximate surface area is 147 Å². The van der Waals surface area contributed by atoms with Gasteiger partial charge in [0, 0.05) is 26.1 Å². The molecule has 1 amide bonds. The molecule has 2 atom stereocenters. The van der Waals surface area contributed by atoms with Crippen molar-refractivity contribution in [3.8, 4) is 5.75 Å². The maximum absolute atomic E-state index is 12.7. The molecule has 3 rings (SSSR count). The predicted octanol–water partition coefficient (Wildman–Crippen LogP) is 2.21. The van der Waals surface area contributed by atoms with Crippen LogP contribution in [-0.2, 0) is 11.2 Å². The minimum Gasteiger partial charge on any atom is -0.497 e. The molecule has 1 aliphatic rings. The number of rotatable bonds is 5. The molecule has 0 spiro atoms. The van der Waals surface area contributed by atoms with Gasteiger partial charge in [0.15, 0.2) is 0 Å². The Hall–Kier alpha value is -2.47. The molecule has 6 heteroatoms. The lowest BCUT2D eigenvalue weighted by Gasteiger charge is -2.38. The molecule has 132 valence electrons. The lowest BCUT2D eigenvalue weighted by atomic mass is 9.88. The third-order valence-electron chi connectivity index (χ3n) is 4.74. The summed E-state index contributed by atoms with van der Waals surface area (Å²) in [5, 5.41) is 7.53. The van der Waals surface area contributed by atoms with Crippen molar-refractivity contribution in [2.75, 3.05) is 27.3 Å². The van der Waals surface area contributed by atoms with Crippen molar-refractivity contribution in [2.45, 2.75) is 18.9 Å². The van der Waals surface area contributed by atoms with Crippen LogP contribution in [0, 0.1) is 5.92 Å². The Bertz CT molecular complexity index is 691. The van der Waals surface area contributed by atoms with E-state index in [-0.39, 0.29) is 17.9 Å². The van der Waals surface area contributed by atoms with Gasteiger partial charge in [-0.1, -0.05) is 12.1 Å². The SMILES string of the molecule is COc1ccc(C[C@@H]2CN(C(=O)c3ccnnc3)CC[C@@H]2OC)cc1. The van der Waals surface area contributed by atoms with Crippen molar-refractivity contribution in [2.24, 2.45) is 5.92 Å². The van der Waals surface area contributed by atoms with Crippen LogP contribution in [0.4, 0.5) is 0 Å². The number of methoxy groups -OCH3 is 2. The van der Waals surface area contributed by atoms with E-state index in [1.54, 1.807) is 26.5 Å². The number of likely N-dealkylation sites (tertiary alicyclic amines) is 1. The van der Waals surface area contributed by atoms with E-state index in [0.717, 1.165) is 18.6 Å². The number of aromatic nitrogens is 2. The second kappa shape index (κ2) is 8.07. The average molecular weight is 341 g/mol. The number of nitrogens with zero attached hydrogens (tertiary/aromatic N) is 3. The van der Waals surface area contributed by atoms with E-state index in [1.165, 1.54) is 11.8 Å². The van der Waals surface area contributed by atoms with Crippen LogP contribution >= 0.6 is 0 Å². The highest BCUT2D eigenvalue weighted by Crippen LogP contribution is 2.25. The highest BCUT2D eigenvalue weighted by atomic mass is 16.5. The van der Waals surface area contributed by atoms with E-state index < -0.39 is 0 Å². The Morgan fingerprint density at radius 1 is 1.20 bits per heavy atom. The van der Waals surface area contributed by atoms with Gasteiger partial charge in [0.25, 0.3) is 5.91 Å². The van der Waals surface area contributed by atoms with Gasteiger partial charge in [0.2, 0.25) is 0 Å². The molecule has 1 aromatic carbocycles. The first-order valence-electron chi connectivity index (χ1n) is 8.43. The predicted molar refractivity (Wildman–Crippen MR) is 93.5 cm³/mol. The van der Waals surface area contributed by atoms with E-state index in [2.05, 4.69) is 22.3 Å². The quantitative estimate of drug-likeness (QED) is 0.834. The van der Waals surface area contributed by atoms with E-state index in [1.807, 2.05) is 17.0 Å². The standard InChI is InChI=1S/C19H23N3O3/c1-24-17-5-3-14(4-6-17)11-16-13-22(10-8-18(16)25-2)19(23)15-7-9-20-21-12-15/h3-7,9,12,16,18H,8,10-11,13H2,1-2H3/t16-,18+/m1/s1. The Balaban J connectivity index is 1.70. The molecule has 0 saturated carbocycles. The van der Waals surface area contributed by atoms with E-state index in [4.69, 9.17) is 9.47 Å². The fraction of sp³-hybridized carbons (Fsp3) is 0.421. The fourth-order valence-electron chi connectivity index (χ4n) is 3.37. The number of amides is 1. The summed E-state index contributed by atoms with van der Waals surface area (Å²) < 4.78 is 10.9. The van der Waals surface area contributed by atoms with Gasteiger partial charge in [-0.05, 0) is 36.6 Å². The molecule has 1 aromatic heterocycles. The van der Waals surface area contributed by atoms with Gasteiger partial charge >= 0.3 is 0 Å². The number of hydrogen-bond acceptors (Lipinski definition) is 5. The number of hydrogen-bond donors (Lipinski definition) is 0. The van der Waals surface area contributed by atoms with Crippen molar-refractivity contribution in [3.05, 3.63) is 53.9 Å². The van der Waals surface area contributed by atoms with Crippen molar-refractivity contribution < 1.29 is 14.3 Å². The van der Waals surface area contributed by atoms with Crippen molar-refractivity contribution >= 4 is 5.91 Å². The van der Waals surface area contributed by atoms with Crippen LogP contribution < -0.4 is 4.74 Å². The van der Waals surface area contributed by atoms with Crippen LogP contribution in [0.1, 0.15) is 22.3 Å². The summed E-state index contributed by atoms with van der Waals surface area (Å²) in [6.45, 7) is 1.37. The normalized spacial score (nSPS) is 20.3. The van der Waals surface area contributed by atoms with Crippen molar-refractivity contribution in [3.63, 3.8) is 0 Å². The van der Waals surface area contributed by atoms with Gasteiger partial charge < -0.3 is 14.4 Å². The van der Waals surface area contributed by atoms with Gasteiger partial charge in [-0.15, -0.1) is 0 Å². The summed E-state index contributed by atoms with van der Waals surface area (Å²) in [4.78, 5) is 14.6. The lowest BCUT2D eigenvalue weighted by Crippen LogP contribution is -2.47. The monoisotopic (exact) mass is 341 g/mol. The molecule has 0 N–H and O–H groups in total. The molecule has 0 bridgehead atoms. The maximum Gasteiger partial charge on any atom is 0.255 e. The van der Waals surface area contributed by atoms with Crippen LogP contribution in [0.5, 0.6) is 5.75 Å². The average Bonchev–Trinajstić information content (AvgIpc) is 2.68. The molecular weight excluding hydrogens is 318 g/mol. The summed E-state index contributed by atoms with van der Waals surface area (Å²) in [6, 6.07) is 9.77. The molecule has 25 heavy (non-hydrogen) atoms. The smallest absolute Gasteiger partial charge is 0.255 e. The summed E-state index contributed by atoms with van der Waals surface area (Å²) in [5.74, 6) is 1.10.